The van der Waals surface area contributed by atoms with Crippen LogP contribution in [0.25, 0.3) is 11.4 Å². The quantitative estimate of drug-likeness (QED) is 0.318. The topological polar surface area (TPSA) is 105 Å². The molecule has 0 saturated carbocycles. The Bertz CT molecular complexity index is 1510. The number of nitrogens with zero attached hydrogens (tertiary/aromatic N) is 5. The zero-order chi connectivity index (χ0) is 28.7. The lowest BCUT2D eigenvalue weighted by Crippen LogP contribution is -2.39. The minimum atomic E-state index is -0.229. The first-order chi connectivity index (χ1) is 20.7. The third-order valence-electron chi connectivity index (χ3n) is 7.35. The molecule has 2 aliphatic heterocycles. The minimum absolute atomic E-state index is 0.229. The van der Waals surface area contributed by atoms with E-state index in [-0.39, 0.29) is 6.03 Å². The average Bonchev–Trinajstić information content (AvgIpc) is 3.04. The summed E-state index contributed by atoms with van der Waals surface area (Å²) in [5.74, 6) is 3.10. The summed E-state index contributed by atoms with van der Waals surface area (Å²) >= 11 is 0. The monoisotopic (exact) mass is 565 g/mol. The molecule has 1 saturated heterocycles. The smallest absolute Gasteiger partial charge is 0.319 e. The predicted molar refractivity (Wildman–Crippen MR) is 163 cm³/mol. The molecule has 2 N–H and O–H groups in total. The third-order valence-corrected chi connectivity index (χ3v) is 7.35. The van der Waals surface area contributed by atoms with Crippen molar-refractivity contribution in [1.82, 2.24) is 20.3 Å². The van der Waals surface area contributed by atoms with Gasteiger partial charge >= 0.3 is 6.03 Å². The van der Waals surface area contributed by atoms with Crippen LogP contribution < -0.4 is 25.2 Å². The number of fused-ring (bicyclic) bond motifs is 1. The molecule has 2 aliphatic rings. The van der Waals surface area contributed by atoms with Gasteiger partial charge < -0.3 is 29.9 Å². The summed E-state index contributed by atoms with van der Waals surface area (Å²) in [4.78, 5) is 31.4. The van der Waals surface area contributed by atoms with Crippen molar-refractivity contribution in [2.24, 2.45) is 0 Å². The maximum absolute atomic E-state index is 11.9. The second kappa shape index (κ2) is 12.9. The number of ether oxygens (including phenoxy) is 2. The number of aromatic nitrogens is 3. The highest BCUT2D eigenvalue weighted by Gasteiger charge is 2.27. The van der Waals surface area contributed by atoms with Crippen LogP contribution in [0.1, 0.15) is 23.7 Å². The third kappa shape index (κ3) is 6.44. The van der Waals surface area contributed by atoms with Crippen molar-refractivity contribution in [3.8, 4) is 17.3 Å². The van der Waals surface area contributed by atoms with Crippen molar-refractivity contribution in [3.05, 3.63) is 89.6 Å². The van der Waals surface area contributed by atoms with Crippen LogP contribution in [0.2, 0.25) is 0 Å². The van der Waals surface area contributed by atoms with Crippen LogP contribution in [0.3, 0.4) is 0 Å². The van der Waals surface area contributed by atoms with E-state index in [4.69, 9.17) is 24.4 Å². The van der Waals surface area contributed by atoms with Gasteiger partial charge in [-0.05, 0) is 49.2 Å². The van der Waals surface area contributed by atoms with Crippen molar-refractivity contribution < 1.29 is 14.3 Å². The molecule has 10 nitrogen and oxygen atoms in total. The summed E-state index contributed by atoms with van der Waals surface area (Å²) in [6.45, 7) is 7.30. The highest BCUT2D eigenvalue weighted by molar-refractivity contribution is 5.89. The van der Waals surface area contributed by atoms with E-state index in [2.05, 4.69) is 20.4 Å². The second-order valence-corrected chi connectivity index (χ2v) is 10.2. The summed E-state index contributed by atoms with van der Waals surface area (Å²) < 4.78 is 11.6. The van der Waals surface area contributed by atoms with E-state index < -0.39 is 0 Å². The lowest BCUT2D eigenvalue weighted by molar-refractivity contribution is 0.122. The van der Waals surface area contributed by atoms with E-state index in [1.54, 1.807) is 0 Å². The molecule has 10 heteroatoms. The normalized spacial score (nSPS) is 14.7. The molecule has 0 bridgehead atoms. The SMILES string of the molecule is CCNC(=O)Nc1ccc(-c2nc3c(c(N4CCOCC4)n2)CCN(c2cccc(OCc4ccccc4)n2)C3)cc1. The zero-order valence-corrected chi connectivity index (χ0v) is 23.8. The molecule has 2 aromatic heterocycles. The van der Waals surface area contributed by atoms with Crippen LogP contribution in [0.15, 0.2) is 72.8 Å². The molecule has 0 spiro atoms. The summed E-state index contributed by atoms with van der Waals surface area (Å²) in [7, 11) is 0. The first kappa shape index (κ1) is 27.5. The largest absolute Gasteiger partial charge is 0.473 e. The zero-order valence-electron chi connectivity index (χ0n) is 23.8. The lowest BCUT2D eigenvalue weighted by Gasteiger charge is -2.34. The van der Waals surface area contributed by atoms with Crippen molar-refractivity contribution in [1.29, 1.82) is 0 Å². The highest BCUT2D eigenvalue weighted by atomic mass is 16.5. The van der Waals surface area contributed by atoms with Crippen molar-refractivity contribution in [2.75, 3.05) is 54.5 Å². The van der Waals surface area contributed by atoms with Crippen LogP contribution in [0.4, 0.5) is 22.1 Å². The number of pyridine rings is 1. The second-order valence-electron chi connectivity index (χ2n) is 10.2. The van der Waals surface area contributed by atoms with E-state index in [0.717, 1.165) is 54.5 Å². The van der Waals surface area contributed by atoms with Gasteiger partial charge in [0.2, 0.25) is 5.88 Å². The van der Waals surface area contributed by atoms with E-state index in [1.807, 2.05) is 79.7 Å². The summed E-state index contributed by atoms with van der Waals surface area (Å²) in [6.07, 6.45) is 0.814. The molecule has 0 radical (unpaired) electrons. The summed E-state index contributed by atoms with van der Waals surface area (Å²) in [5, 5.41) is 5.59. The van der Waals surface area contributed by atoms with Crippen molar-refractivity contribution >= 4 is 23.4 Å². The van der Waals surface area contributed by atoms with Crippen LogP contribution >= 0.6 is 0 Å². The lowest BCUT2D eigenvalue weighted by atomic mass is 10.0. The van der Waals surface area contributed by atoms with Gasteiger partial charge in [-0.15, -0.1) is 0 Å². The molecule has 0 atom stereocenters. The average molecular weight is 566 g/mol. The van der Waals surface area contributed by atoms with Gasteiger partial charge in [-0.25, -0.2) is 14.8 Å². The standard InChI is InChI=1S/C32H35N7O3/c1-2-33-32(40)34-25-13-11-24(12-14-25)30-35-27-21-39(16-15-26(27)31(37-30)38-17-19-41-20-18-38)28-9-6-10-29(36-28)42-22-23-7-4-3-5-8-23/h3-14H,2,15-22H2,1H3,(H2,33,34,40). The van der Waals surface area contributed by atoms with E-state index in [1.165, 1.54) is 5.56 Å². The van der Waals surface area contributed by atoms with Crippen LogP contribution in [-0.4, -0.2) is 60.4 Å². The molecule has 216 valence electrons. The summed E-state index contributed by atoms with van der Waals surface area (Å²) in [5.41, 5.74) is 4.88. The number of urea groups is 1. The van der Waals surface area contributed by atoms with Gasteiger partial charge in [0, 0.05) is 49.1 Å². The summed E-state index contributed by atoms with van der Waals surface area (Å²) in [6, 6.07) is 23.4. The van der Waals surface area contributed by atoms with Crippen LogP contribution in [0, 0.1) is 0 Å². The number of amides is 2. The molecule has 6 rings (SSSR count). The Balaban J connectivity index is 1.25. The van der Waals surface area contributed by atoms with Gasteiger partial charge in [-0.1, -0.05) is 36.4 Å². The molecule has 0 aliphatic carbocycles. The molecule has 2 aromatic carbocycles. The van der Waals surface area contributed by atoms with E-state index in [0.29, 0.717) is 50.3 Å². The Morgan fingerprint density at radius 1 is 0.905 bits per heavy atom. The number of carbonyl (C=O) groups is 1. The molecular weight excluding hydrogens is 530 g/mol. The fourth-order valence-corrected chi connectivity index (χ4v) is 5.20. The van der Waals surface area contributed by atoms with E-state index in [9.17, 15) is 4.79 Å². The fourth-order valence-electron chi connectivity index (χ4n) is 5.20. The first-order valence-electron chi connectivity index (χ1n) is 14.4. The highest BCUT2D eigenvalue weighted by Crippen LogP contribution is 2.32. The van der Waals surface area contributed by atoms with Gasteiger partial charge in [-0.3, -0.25) is 0 Å². The number of carbonyl (C=O) groups excluding carboxylic acids is 1. The number of hydrogen-bond acceptors (Lipinski definition) is 8. The van der Waals surface area contributed by atoms with Crippen molar-refractivity contribution in [2.45, 2.75) is 26.5 Å². The number of benzene rings is 2. The number of anilines is 3. The molecule has 1 fully saturated rings. The number of rotatable bonds is 8. The molecule has 42 heavy (non-hydrogen) atoms. The van der Waals surface area contributed by atoms with E-state index >= 15 is 0 Å². The Labute approximate surface area is 245 Å². The predicted octanol–water partition coefficient (Wildman–Crippen LogP) is 4.66. The van der Waals surface area contributed by atoms with Crippen LogP contribution in [0.5, 0.6) is 5.88 Å². The van der Waals surface area contributed by atoms with Crippen LogP contribution in [-0.2, 0) is 24.3 Å². The van der Waals surface area contributed by atoms with Gasteiger partial charge in [-0.2, -0.15) is 4.98 Å². The number of morpholine rings is 1. The van der Waals surface area contributed by atoms with Gasteiger partial charge in [0.15, 0.2) is 5.82 Å². The first-order valence-corrected chi connectivity index (χ1v) is 14.4. The molecule has 4 heterocycles. The number of nitrogens with one attached hydrogen (secondary N) is 2. The Kier molecular flexibility index (Phi) is 8.41. The minimum Gasteiger partial charge on any atom is -0.473 e. The molecule has 0 unspecified atom stereocenters. The molecule has 2 amide bonds. The maximum Gasteiger partial charge on any atom is 0.319 e. The van der Waals surface area contributed by atoms with Gasteiger partial charge in [0.05, 0.1) is 25.5 Å². The molecule has 4 aromatic rings. The Hall–Kier alpha value is -4.70. The van der Waals surface area contributed by atoms with Crippen molar-refractivity contribution in [3.63, 3.8) is 0 Å². The number of hydrogen-bond donors (Lipinski definition) is 2. The fraction of sp³-hybridized carbons (Fsp3) is 0.312. The van der Waals surface area contributed by atoms with Gasteiger partial charge in [0.25, 0.3) is 0 Å². The van der Waals surface area contributed by atoms with Gasteiger partial charge in [0.1, 0.15) is 18.2 Å². The maximum atomic E-state index is 11.9. The molecular formula is C32H35N7O3. The Morgan fingerprint density at radius 3 is 2.50 bits per heavy atom. The Morgan fingerprint density at radius 2 is 1.71 bits per heavy atom.